The third-order valence-electron chi connectivity index (χ3n) is 8.65. The second-order valence-electron chi connectivity index (χ2n) is 9.53. The van der Waals surface area contributed by atoms with Gasteiger partial charge < -0.3 is 5.11 Å². The molecule has 0 aromatic rings. The number of halogens is 1. The average molecular weight is 344 g/mol. The smallest absolute Gasteiger partial charge is 0.200 e. The summed E-state index contributed by atoms with van der Waals surface area (Å²) in [5, 5.41) is 10.6. The number of ketones is 2. The Kier molecular flexibility index (Phi) is 2.80. The lowest BCUT2D eigenvalue weighted by molar-refractivity contribution is -0.135. The SMILES string of the molecule is C=C1C[C@H]2[C@@H]3C[C@H](F)C(=O)[C@@]3(C)CC[C@@H]2[C@]2(C)C1=C(O)C(=O)[C@H]1CC12. The zero-order valence-electron chi connectivity index (χ0n) is 14.8. The highest BCUT2D eigenvalue weighted by atomic mass is 19.1. The maximum Gasteiger partial charge on any atom is 0.200 e. The second kappa shape index (κ2) is 4.44. The second-order valence-corrected chi connectivity index (χ2v) is 9.53. The van der Waals surface area contributed by atoms with Gasteiger partial charge in [-0.25, -0.2) is 4.39 Å². The molecule has 0 aliphatic heterocycles. The predicted molar refractivity (Wildman–Crippen MR) is 90.5 cm³/mol. The Hall–Kier alpha value is -1.45. The number of Topliss-reactive ketones (excluding diaryl/α,β-unsaturated/α-hetero) is 2. The van der Waals surface area contributed by atoms with E-state index >= 15 is 0 Å². The van der Waals surface area contributed by atoms with Crippen LogP contribution in [-0.2, 0) is 9.59 Å². The van der Waals surface area contributed by atoms with E-state index in [9.17, 15) is 19.1 Å². The van der Waals surface area contributed by atoms with Crippen LogP contribution in [0.2, 0.25) is 0 Å². The van der Waals surface area contributed by atoms with Crippen molar-refractivity contribution in [2.75, 3.05) is 0 Å². The Morgan fingerprint density at radius 2 is 1.88 bits per heavy atom. The molecule has 0 bridgehead atoms. The molecule has 1 unspecified atom stereocenters. The van der Waals surface area contributed by atoms with Crippen molar-refractivity contribution in [2.45, 2.75) is 52.1 Å². The number of rotatable bonds is 0. The molecule has 5 rings (SSSR count). The third-order valence-corrected chi connectivity index (χ3v) is 8.65. The molecule has 5 aliphatic carbocycles. The molecule has 0 amide bonds. The number of aliphatic hydroxyl groups excluding tert-OH is 1. The molecule has 5 aliphatic rings. The first kappa shape index (κ1) is 15.8. The summed E-state index contributed by atoms with van der Waals surface area (Å²) in [4.78, 5) is 24.8. The molecule has 4 saturated carbocycles. The lowest BCUT2D eigenvalue weighted by atomic mass is 9.46. The van der Waals surface area contributed by atoms with Crippen LogP contribution in [0, 0.1) is 40.4 Å². The zero-order valence-corrected chi connectivity index (χ0v) is 14.8. The van der Waals surface area contributed by atoms with Crippen molar-refractivity contribution < 1.29 is 19.1 Å². The molecule has 134 valence electrons. The van der Waals surface area contributed by atoms with Gasteiger partial charge in [-0.15, -0.1) is 0 Å². The van der Waals surface area contributed by atoms with Gasteiger partial charge in [-0.3, -0.25) is 9.59 Å². The largest absolute Gasteiger partial charge is 0.504 e. The van der Waals surface area contributed by atoms with E-state index < -0.39 is 11.6 Å². The first-order chi connectivity index (χ1) is 11.7. The summed E-state index contributed by atoms with van der Waals surface area (Å²) in [6.07, 6.45) is 2.10. The van der Waals surface area contributed by atoms with Crippen molar-refractivity contribution in [1.29, 1.82) is 0 Å². The predicted octanol–water partition coefficient (Wildman–Crippen LogP) is 3.94. The summed E-state index contributed by atoms with van der Waals surface area (Å²) in [6.45, 7) is 8.34. The van der Waals surface area contributed by atoms with E-state index in [0.29, 0.717) is 18.8 Å². The molecular formula is C21H25FO3. The van der Waals surface area contributed by atoms with Crippen LogP contribution in [0.3, 0.4) is 0 Å². The molecule has 4 heteroatoms. The average Bonchev–Trinajstić information content (AvgIpc) is 3.32. The number of carbonyl (C=O) groups is 2. The van der Waals surface area contributed by atoms with Crippen molar-refractivity contribution in [3.05, 3.63) is 23.5 Å². The quantitative estimate of drug-likeness (QED) is 0.724. The highest BCUT2D eigenvalue weighted by Crippen LogP contribution is 2.72. The van der Waals surface area contributed by atoms with E-state index in [-0.39, 0.29) is 46.4 Å². The lowest BCUT2D eigenvalue weighted by Gasteiger charge is -2.57. The van der Waals surface area contributed by atoms with Crippen LogP contribution in [0.25, 0.3) is 0 Å². The molecule has 8 atom stereocenters. The molecular weight excluding hydrogens is 319 g/mol. The van der Waals surface area contributed by atoms with Gasteiger partial charge in [0.2, 0.25) is 5.78 Å². The van der Waals surface area contributed by atoms with Crippen LogP contribution >= 0.6 is 0 Å². The minimum Gasteiger partial charge on any atom is -0.504 e. The van der Waals surface area contributed by atoms with E-state index in [2.05, 4.69) is 13.5 Å². The number of allylic oxidation sites excluding steroid dienone is 2. The van der Waals surface area contributed by atoms with Crippen LogP contribution in [0.4, 0.5) is 4.39 Å². The fourth-order valence-electron chi connectivity index (χ4n) is 7.35. The number of alkyl halides is 1. The van der Waals surface area contributed by atoms with Crippen LogP contribution in [0.5, 0.6) is 0 Å². The van der Waals surface area contributed by atoms with Gasteiger partial charge in [0.1, 0.15) is 0 Å². The van der Waals surface area contributed by atoms with Gasteiger partial charge in [-0.1, -0.05) is 20.4 Å². The Bertz CT molecular complexity index is 767. The fraction of sp³-hybridized carbons (Fsp3) is 0.714. The van der Waals surface area contributed by atoms with Crippen LogP contribution in [0.15, 0.2) is 23.5 Å². The number of hydrogen-bond donors (Lipinski definition) is 1. The molecule has 0 heterocycles. The molecule has 0 aromatic carbocycles. The van der Waals surface area contributed by atoms with Crippen LogP contribution < -0.4 is 0 Å². The number of carbonyl (C=O) groups excluding carboxylic acids is 2. The van der Waals surface area contributed by atoms with Crippen LogP contribution in [-0.4, -0.2) is 22.8 Å². The first-order valence-corrected chi connectivity index (χ1v) is 9.55. The zero-order chi connectivity index (χ0) is 17.9. The Balaban J connectivity index is 1.62. The molecule has 0 aromatic heterocycles. The summed E-state index contributed by atoms with van der Waals surface area (Å²) in [7, 11) is 0. The van der Waals surface area contributed by atoms with Gasteiger partial charge in [-0.05, 0) is 61.3 Å². The monoisotopic (exact) mass is 344 g/mol. The minimum atomic E-state index is -1.33. The number of hydrogen-bond acceptors (Lipinski definition) is 3. The Labute approximate surface area is 147 Å². The molecule has 1 N–H and O–H groups in total. The first-order valence-electron chi connectivity index (χ1n) is 9.55. The van der Waals surface area contributed by atoms with Crippen molar-refractivity contribution in [2.24, 2.45) is 40.4 Å². The van der Waals surface area contributed by atoms with Gasteiger partial charge in [0.15, 0.2) is 17.7 Å². The fourth-order valence-corrected chi connectivity index (χ4v) is 7.35. The van der Waals surface area contributed by atoms with Gasteiger partial charge in [0.25, 0.3) is 0 Å². The number of aliphatic hydroxyl groups is 1. The van der Waals surface area contributed by atoms with Crippen LogP contribution in [0.1, 0.15) is 46.0 Å². The molecule has 0 spiro atoms. The maximum atomic E-state index is 14.3. The third kappa shape index (κ3) is 1.63. The highest BCUT2D eigenvalue weighted by molar-refractivity contribution is 6.00. The molecule has 0 radical (unpaired) electrons. The van der Waals surface area contributed by atoms with E-state index in [4.69, 9.17) is 0 Å². The summed E-state index contributed by atoms with van der Waals surface area (Å²) >= 11 is 0. The summed E-state index contributed by atoms with van der Waals surface area (Å²) < 4.78 is 14.3. The lowest BCUT2D eigenvalue weighted by Crippen LogP contribution is -2.52. The normalized spacial score (nSPS) is 54.0. The number of fused-ring (bicyclic) bond motifs is 7. The molecule has 4 fully saturated rings. The highest BCUT2D eigenvalue weighted by Gasteiger charge is 2.69. The molecule has 25 heavy (non-hydrogen) atoms. The minimum absolute atomic E-state index is 0.0484. The van der Waals surface area contributed by atoms with Crippen molar-refractivity contribution in [3.8, 4) is 0 Å². The van der Waals surface area contributed by atoms with Crippen molar-refractivity contribution >= 4 is 11.6 Å². The topological polar surface area (TPSA) is 54.4 Å². The summed E-state index contributed by atoms with van der Waals surface area (Å²) in [6, 6.07) is 0. The maximum absolute atomic E-state index is 14.3. The van der Waals surface area contributed by atoms with E-state index in [1.165, 1.54) is 0 Å². The Morgan fingerprint density at radius 1 is 1.16 bits per heavy atom. The van der Waals surface area contributed by atoms with Crippen molar-refractivity contribution in [3.63, 3.8) is 0 Å². The van der Waals surface area contributed by atoms with E-state index in [1.54, 1.807) is 0 Å². The van der Waals surface area contributed by atoms with Gasteiger partial charge in [-0.2, -0.15) is 0 Å². The van der Waals surface area contributed by atoms with E-state index in [0.717, 1.165) is 30.4 Å². The summed E-state index contributed by atoms with van der Waals surface area (Å²) in [5.74, 6) is 0.425. The van der Waals surface area contributed by atoms with E-state index in [1.807, 2.05) is 6.92 Å². The summed E-state index contributed by atoms with van der Waals surface area (Å²) in [5.41, 5.74) is 0.816. The van der Waals surface area contributed by atoms with Gasteiger partial charge >= 0.3 is 0 Å². The molecule has 0 saturated heterocycles. The van der Waals surface area contributed by atoms with Crippen molar-refractivity contribution in [1.82, 2.24) is 0 Å². The van der Waals surface area contributed by atoms with Gasteiger partial charge in [0, 0.05) is 22.3 Å². The van der Waals surface area contributed by atoms with Gasteiger partial charge in [0.05, 0.1) is 0 Å². The standard InChI is InChI=1S/C21H25FO3/c1-9-6-10-12(4-5-20(2)13(10)8-15(22)19(20)25)21(3)14-7-11(14)17(23)18(24)16(9)21/h10-15,24H,1,4-8H2,2-3H3/t10-,11+,12+,13+,14?,15+,20+,21+/m1/s1. The molecule has 3 nitrogen and oxygen atoms in total. The Morgan fingerprint density at radius 3 is 2.60 bits per heavy atom.